The molecule has 2 heteroatoms. The van der Waals surface area contributed by atoms with Crippen molar-refractivity contribution in [2.45, 2.75) is 33.2 Å². The summed E-state index contributed by atoms with van der Waals surface area (Å²) in [4.78, 5) is 2.42. The molecule has 0 atom stereocenters. The van der Waals surface area contributed by atoms with Gasteiger partial charge in [0.05, 0.1) is 6.54 Å². The molecule has 0 radical (unpaired) electrons. The SMILES string of the molecule is CCc1cc2c(o1)CN(CC)CC2. The van der Waals surface area contributed by atoms with Crippen LogP contribution in [0.25, 0.3) is 0 Å². The minimum atomic E-state index is 1.01. The molecular formula is C11H17NO. The summed E-state index contributed by atoms with van der Waals surface area (Å²) in [6.07, 6.45) is 2.17. The molecule has 0 bridgehead atoms. The molecule has 1 aromatic rings. The predicted molar refractivity (Wildman–Crippen MR) is 52.7 cm³/mol. The molecule has 0 amide bonds. The highest BCUT2D eigenvalue weighted by Crippen LogP contribution is 2.22. The van der Waals surface area contributed by atoms with Crippen molar-refractivity contribution in [2.24, 2.45) is 0 Å². The lowest BCUT2D eigenvalue weighted by Gasteiger charge is -2.23. The van der Waals surface area contributed by atoms with Crippen LogP contribution in [-0.4, -0.2) is 18.0 Å². The summed E-state index contributed by atoms with van der Waals surface area (Å²) in [5, 5.41) is 0. The van der Waals surface area contributed by atoms with Crippen molar-refractivity contribution < 1.29 is 4.42 Å². The number of hydrogen-bond acceptors (Lipinski definition) is 2. The lowest BCUT2D eigenvalue weighted by Crippen LogP contribution is -2.29. The number of fused-ring (bicyclic) bond motifs is 1. The first-order valence-corrected chi connectivity index (χ1v) is 5.16. The Kier molecular flexibility index (Phi) is 2.40. The van der Waals surface area contributed by atoms with Gasteiger partial charge in [-0.15, -0.1) is 0 Å². The Labute approximate surface area is 79.5 Å². The Morgan fingerprint density at radius 1 is 1.46 bits per heavy atom. The number of nitrogens with zero attached hydrogens (tertiary/aromatic N) is 1. The molecule has 13 heavy (non-hydrogen) atoms. The molecule has 2 rings (SSSR count). The van der Waals surface area contributed by atoms with Crippen LogP contribution in [0.1, 0.15) is 30.9 Å². The Bertz CT molecular complexity index is 290. The molecule has 0 fully saturated rings. The fourth-order valence-electron chi connectivity index (χ4n) is 1.88. The van der Waals surface area contributed by atoms with E-state index in [2.05, 4.69) is 24.8 Å². The van der Waals surface area contributed by atoms with Gasteiger partial charge < -0.3 is 4.42 Å². The van der Waals surface area contributed by atoms with Crippen LogP contribution in [0, 0.1) is 0 Å². The molecule has 1 aliphatic rings. The van der Waals surface area contributed by atoms with Crippen molar-refractivity contribution in [3.63, 3.8) is 0 Å². The topological polar surface area (TPSA) is 16.4 Å². The molecule has 1 aliphatic heterocycles. The van der Waals surface area contributed by atoms with Gasteiger partial charge in [-0.05, 0) is 24.6 Å². The van der Waals surface area contributed by atoms with Crippen LogP contribution in [0.2, 0.25) is 0 Å². The minimum absolute atomic E-state index is 1.01. The van der Waals surface area contributed by atoms with Gasteiger partial charge in [-0.25, -0.2) is 0 Å². The van der Waals surface area contributed by atoms with Crippen LogP contribution in [0.5, 0.6) is 0 Å². The average Bonchev–Trinajstić information content (AvgIpc) is 2.58. The van der Waals surface area contributed by atoms with E-state index in [0.29, 0.717) is 0 Å². The van der Waals surface area contributed by atoms with Gasteiger partial charge in [0.2, 0.25) is 0 Å². The Morgan fingerprint density at radius 3 is 3.00 bits per heavy atom. The molecule has 0 aromatic carbocycles. The van der Waals surface area contributed by atoms with E-state index >= 15 is 0 Å². The fraction of sp³-hybridized carbons (Fsp3) is 0.636. The number of rotatable bonds is 2. The fourth-order valence-corrected chi connectivity index (χ4v) is 1.88. The number of furan rings is 1. The lowest BCUT2D eigenvalue weighted by atomic mass is 10.1. The van der Waals surface area contributed by atoms with Crippen molar-refractivity contribution in [3.8, 4) is 0 Å². The predicted octanol–water partition coefficient (Wildman–Crippen LogP) is 2.22. The number of likely N-dealkylation sites (N-methyl/N-ethyl adjacent to an activating group) is 1. The quantitative estimate of drug-likeness (QED) is 0.692. The van der Waals surface area contributed by atoms with Gasteiger partial charge >= 0.3 is 0 Å². The average molecular weight is 179 g/mol. The van der Waals surface area contributed by atoms with Gasteiger partial charge in [-0.3, -0.25) is 4.90 Å². The van der Waals surface area contributed by atoms with Crippen LogP contribution in [-0.2, 0) is 19.4 Å². The molecule has 0 saturated heterocycles. The van der Waals surface area contributed by atoms with Gasteiger partial charge in [0.1, 0.15) is 11.5 Å². The lowest BCUT2D eigenvalue weighted by molar-refractivity contribution is 0.238. The molecule has 72 valence electrons. The van der Waals surface area contributed by atoms with E-state index in [1.807, 2.05) is 0 Å². The summed E-state index contributed by atoms with van der Waals surface area (Å²) in [7, 11) is 0. The highest BCUT2D eigenvalue weighted by molar-refractivity contribution is 5.24. The van der Waals surface area contributed by atoms with Crippen LogP contribution in [0.3, 0.4) is 0 Å². The maximum absolute atomic E-state index is 5.75. The summed E-state index contributed by atoms with van der Waals surface area (Å²) in [5.41, 5.74) is 1.43. The van der Waals surface area contributed by atoms with Crippen molar-refractivity contribution in [1.29, 1.82) is 0 Å². The smallest absolute Gasteiger partial charge is 0.121 e. The maximum Gasteiger partial charge on any atom is 0.121 e. The van der Waals surface area contributed by atoms with Gasteiger partial charge in [0.15, 0.2) is 0 Å². The van der Waals surface area contributed by atoms with Crippen molar-refractivity contribution >= 4 is 0 Å². The molecule has 0 unspecified atom stereocenters. The molecular weight excluding hydrogens is 162 g/mol. The van der Waals surface area contributed by atoms with Crippen molar-refractivity contribution in [2.75, 3.05) is 13.1 Å². The van der Waals surface area contributed by atoms with Crippen molar-refractivity contribution in [3.05, 3.63) is 23.2 Å². The highest BCUT2D eigenvalue weighted by atomic mass is 16.3. The van der Waals surface area contributed by atoms with E-state index in [-0.39, 0.29) is 0 Å². The van der Waals surface area contributed by atoms with E-state index in [9.17, 15) is 0 Å². The zero-order chi connectivity index (χ0) is 9.26. The van der Waals surface area contributed by atoms with E-state index in [4.69, 9.17) is 4.42 Å². The van der Waals surface area contributed by atoms with Gasteiger partial charge in [0, 0.05) is 13.0 Å². The first kappa shape index (κ1) is 8.82. The molecule has 0 aliphatic carbocycles. The summed E-state index contributed by atoms with van der Waals surface area (Å²) in [6, 6.07) is 2.22. The largest absolute Gasteiger partial charge is 0.464 e. The first-order chi connectivity index (χ1) is 6.33. The maximum atomic E-state index is 5.75. The highest BCUT2D eigenvalue weighted by Gasteiger charge is 2.18. The Balaban J connectivity index is 2.19. The second-order valence-electron chi connectivity index (χ2n) is 3.63. The van der Waals surface area contributed by atoms with E-state index in [1.165, 1.54) is 17.9 Å². The monoisotopic (exact) mass is 179 g/mol. The number of aryl methyl sites for hydroxylation is 1. The summed E-state index contributed by atoms with van der Waals surface area (Å²) in [5.74, 6) is 2.34. The zero-order valence-corrected chi connectivity index (χ0v) is 8.47. The molecule has 0 saturated carbocycles. The van der Waals surface area contributed by atoms with Crippen LogP contribution in [0.4, 0.5) is 0 Å². The van der Waals surface area contributed by atoms with E-state index < -0.39 is 0 Å². The first-order valence-electron chi connectivity index (χ1n) is 5.16. The Hall–Kier alpha value is -0.760. The molecule has 0 N–H and O–H groups in total. The minimum Gasteiger partial charge on any atom is -0.464 e. The second kappa shape index (κ2) is 3.54. The summed E-state index contributed by atoms with van der Waals surface area (Å²) in [6.45, 7) is 7.66. The third-order valence-electron chi connectivity index (χ3n) is 2.81. The third-order valence-corrected chi connectivity index (χ3v) is 2.81. The zero-order valence-electron chi connectivity index (χ0n) is 8.47. The van der Waals surface area contributed by atoms with Gasteiger partial charge in [-0.2, -0.15) is 0 Å². The standard InChI is InChI=1S/C11H17NO/c1-3-10-7-9-5-6-12(4-2)8-11(9)13-10/h7H,3-6,8H2,1-2H3. The molecule has 2 nitrogen and oxygen atoms in total. The summed E-state index contributed by atoms with van der Waals surface area (Å²) < 4.78 is 5.75. The van der Waals surface area contributed by atoms with E-state index in [0.717, 1.165) is 31.7 Å². The third kappa shape index (κ3) is 1.63. The summed E-state index contributed by atoms with van der Waals surface area (Å²) >= 11 is 0. The molecule has 1 aromatic heterocycles. The van der Waals surface area contributed by atoms with Crippen LogP contribution >= 0.6 is 0 Å². The van der Waals surface area contributed by atoms with Crippen molar-refractivity contribution in [1.82, 2.24) is 4.90 Å². The second-order valence-corrected chi connectivity index (χ2v) is 3.63. The van der Waals surface area contributed by atoms with Gasteiger partial charge in [-0.1, -0.05) is 13.8 Å². The van der Waals surface area contributed by atoms with E-state index in [1.54, 1.807) is 0 Å². The Morgan fingerprint density at radius 2 is 2.31 bits per heavy atom. The molecule has 2 heterocycles. The van der Waals surface area contributed by atoms with Crippen LogP contribution < -0.4 is 0 Å². The van der Waals surface area contributed by atoms with Crippen LogP contribution in [0.15, 0.2) is 10.5 Å². The molecule has 0 spiro atoms. The normalized spacial score (nSPS) is 17.4. The van der Waals surface area contributed by atoms with Gasteiger partial charge in [0.25, 0.3) is 0 Å². The number of hydrogen-bond donors (Lipinski definition) is 0.